The lowest BCUT2D eigenvalue weighted by atomic mass is 9.90. The molecule has 0 radical (unpaired) electrons. The van der Waals surface area contributed by atoms with Crippen molar-refractivity contribution in [1.29, 1.82) is 0 Å². The molecule has 4 aromatic carbocycles. The first-order valence-electron chi connectivity index (χ1n) is 35.1. The van der Waals surface area contributed by atoms with Crippen LogP contribution in [0, 0.1) is 59.7 Å². The largest absolute Gasteiger partial charge is 0.384 e. The predicted molar refractivity (Wildman–Crippen MR) is 368 cm³/mol. The van der Waals surface area contributed by atoms with Gasteiger partial charge < -0.3 is 5.11 Å². The molecule has 0 saturated carbocycles. The van der Waals surface area contributed by atoms with Gasteiger partial charge in [0.05, 0.1) is 0 Å². The number of aliphatic hydroxyl groups excluding tert-OH is 1. The number of hydrogen-bond donors (Lipinski definition) is 1. The van der Waals surface area contributed by atoms with Gasteiger partial charge >= 0.3 is 0 Å². The van der Waals surface area contributed by atoms with Gasteiger partial charge in [-0.25, -0.2) is 0 Å². The summed E-state index contributed by atoms with van der Waals surface area (Å²) in [5.74, 6) is 32.7. The van der Waals surface area contributed by atoms with E-state index in [0.29, 0.717) is 0 Å². The number of aryl methyl sites for hydroxylation is 8. The van der Waals surface area contributed by atoms with Crippen LogP contribution in [0.25, 0.3) is 0 Å². The van der Waals surface area contributed by atoms with Crippen LogP contribution in [-0.4, -0.2) is 11.7 Å². The first-order chi connectivity index (χ1) is 41.3. The van der Waals surface area contributed by atoms with Crippen molar-refractivity contribution < 1.29 is 5.11 Å². The van der Waals surface area contributed by atoms with Gasteiger partial charge in [-0.15, -0.1) is 6.42 Å². The number of terminal acetylenes is 1. The zero-order chi connectivity index (χ0) is 60.2. The Morgan fingerprint density at radius 2 is 0.405 bits per heavy atom. The number of hydrogen-bond acceptors (Lipinski definition) is 1. The first-order valence-corrected chi connectivity index (χ1v) is 35.1. The molecule has 0 saturated heterocycles. The van der Waals surface area contributed by atoms with Crippen molar-refractivity contribution >= 4 is 0 Å². The standard InChI is InChI=1S/C83H116O/c1-10-19-27-35-44-69-61-78(70(60-68(69)18-9)45-36-28-20-11-2)53-54-80-64-74(49-40-32-24-15-6)82(65-73(80)48-39-31-23-14-5)57-58-83-67-75(50-41-33-25-16-7)81(66-76(83)51-42-34-26-17-8)56-55-79-63-71(46-37-29-21-12-3)77(52-43-59-84)62-72(79)47-38-30-22-13-4/h9,60-67,84H,10-17,19-42,44-51,59H2,1-8H3. The van der Waals surface area contributed by atoms with Gasteiger partial charge in [0.25, 0.3) is 0 Å². The molecule has 0 bridgehead atoms. The number of benzene rings is 4. The second kappa shape index (κ2) is 45.0. The highest BCUT2D eigenvalue weighted by molar-refractivity contribution is 5.61. The van der Waals surface area contributed by atoms with Crippen molar-refractivity contribution in [2.75, 3.05) is 6.61 Å². The summed E-state index contributed by atoms with van der Waals surface area (Å²) in [6.45, 7) is 18.2. The summed E-state index contributed by atoms with van der Waals surface area (Å²) in [5, 5.41) is 9.77. The third kappa shape index (κ3) is 26.9. The van der Waals surface area contributed by atoms with E-state index in [1.165, 1.54) is 226 Å². The second-order valence-electron chi connectivity index (χ2n) is 24.5. The number of aliphatic hydroxyl groups is 1. The van der Waals surface area contributed by atoms with Crippen LogP contribution in [-0.2, 0) is 51.4 Å². The molecule has 0 fully saturated rings. The van der Waals surface area contributed by atoms with Crippen LogP contribution < -0.4 is 0 Å². The van der Waals surface area contributed by atoms with Crippen LogP contribution in [0.3, 0.4) is 0 Å². The molecular weight excluding hydrogens is 1010 g/mol. The topological polar surface area (TPSA) is 20.2 Å². The second-order valence-corrected chi connectivity index (χ2v) is 24.5. The average molecular weight is 1130 g/mol. The molecule has 0 heterocycles. The van der Waals surface area contributed by atoms with E-state index >= 15 is 0 Å². The lowest BCUT2D eigenvalue weighted by Gasteiger charge is -2.14. The SMILES string of the molecule is C#Cc1cc(CCCCCC)c(C#Cc2cc(CCCCCC)c(C#Cc3cc(CCCCCC)c(C#Cc4cc(CCCCCC)c(C#CCO)cc4CCCCCC)cc3CCCCCC)cc2CCCCCC)cc1CCCCCC. The fourth-order valence-electron chi connectivity index (χ4n) is 11.8. The van der Waals surface area contributed by atoms with Crippen LogP contribution in [0.5, 0.6) is 0 Å². The highest BCUT2D eigenvalue weighted by Gasteiger charge is 2.15. The maximum atomic E-state index is 9.77. The van der Waals surface area contributed by atoms with Crippen LogP contribution >= 0.6 is 0 Å². The summed E-state index contributed by atoms with van der Waals surface area (Å²) >= 11 is 0. The molecule has 4 rings (SSSR count). The van der Waals surface area contributed by atoms with Crippen molar-refractivity contribution in [1.82, 2.24) is 0 Å². The van der Waals surface area contributed by atoms with E-state index in [-0.39, 0.29) is 6.61 Å². The molecule has 0 aliphatic heterocycles. The lowest BCUT2D eigenvalue weighted by molar-refractivity contribution is 0.350. The summed E-state index contributed by atoms with van der Waals surface area (Å²) in [5.41, 5.74) is 19.7. The van der Waals surface area contributed by atoms with E-state index in [0.717, 1.165) is 119 Å². The van der Waals surface area contributed by atoms with Crippen molar-refractivity contribution in [3.63, 3.8) is 0 Å². The Morgan fingerprint density at radius 3 is 0.571 bits per heavy atom. The summed E-state index contributed by atoms with van der Waals surface area (Å²) in [7, 11) is 0. The van der Waals surface area contributed by atoms with Gasteiger partial charge in [-0.2, -0.15) is 0 Å². The van der Waals surface area contributed by atoms with Crippen molar-refractivity contribution in [3.8, 4) is 59.7 Å². The molecule has 0 spiro atoms. The van der Waals surface area contributed by atoms with Crippen molar-refractivity contribution in [3.05, 3.63) is 138 Å². The summed E-state index contributed by atoms with van der Waals surface area (Å²) < 4.78 is 0. The molecule has 0 aromatic heterocycles. The third-order valence-corrected chi connectivity index (χ3v) is 17.2. The van der Waals surface area contributed by atoms with Gasteiger partial charge in [0, 0.05) is 44.5 Å². The summed E-state index contributed by atoms with van der Waals surface area (Å²) in [4.78, 5) is 0. The van der Waals surface area contributed by atoms with E-state index in [1.807, 2.05) is 0 Å². The molecule has 0 aliphatic rings. The van der Waals surface area contributed by atoms with E-state index in [4.69, 9.17) is 6.42 Å². The van der Waals surface area contributed by atoms with Gasteiger partial charge in [0.1, 0.15) is 6.61 Å². The zero-order valence-corrected chi connectivity index (χ0v) is 55.1. The fourth-order valence-corrected chi connectivity index (χ4v) is 11.8. The van der Waals surface area contributed by atoms with Gasteiger partial charge in [-0.1, -0.05) is 263 Å². The van der Waals surface area contributed by atoms with E-state index in [2.05, 4.69) is 157 Å². The smallest absolute Gasteiger partial charge is 0.104 e. The molecule has 84 heavy (non-hydrogen) atoms. The zero-order valence-electron chi connectivity index (χ0n) is 55.1. The Balaban J connectivity index is 1.99. The minimum Gasteiger partial charge on any atom is -0.384 e. The highest BCUT2D eigenvalue weighted by Crippen LogP contribution is 2.28. The third-order valence-electron chi connectivity index (χ3n) is 17.2. The average Bonchev–Trinajstić information content (AvgIpc) is 3.71. The summed E-state index contributed by atoms with van der Waals surface area (Å²) in [6.07, 6.45) is 53.0. The first kappa shape index (κ1) is 71.1. The predicted octanol–water partition coefficient (Wildman–Crippen LogP) is 22.2. The normalized spacial score (nSPS) is 10.8. The number of unbranched alkanes of at least 4 members (excludes halogenated alkanes) is 24. The van der Waals surface area contributed by atoms with Crippen LogP contribution in [0.15, 0.2) is 48.5 Å². The van der Waals surface area contributed by atoms with Gasteiger partial charge in [-0.3, -0.25) is 0 Å². The Labute approximate surface area is 518 Å². The molecule has 0 atom stereocenters. The van der Waals surface area contributed by atoms with E-state index < -0.39 is 0 Å². The highest BCUT2D eigenvalue weighted by atomic mass is 16.2. The molecule has 454 valence electrons. The molecule has 0 amide bonds. The Hall–Kier alpha value is -5.36. The van der Waals surface area contributed by atoms with E-state index in [9.17, 15) is 5.11 Å². The summed E-state index contributed by atoms with van der Waals surface area (Å²) in [6, 6.07) is 19.2. The maximum absolute atomic E-state index is 9.77. The maximum Gasteiger partial charge on any atom is 0.104 e. The number of rotatable bonds is 40. The quantitative estimate of drug-likeness (QED) is 0.0348. The van der Waals surface area contributed by atoms with Gasteiger partial charge in [0.2, 0.25) is 0 Å². The van der Waals surface area contributed by atoms with Crippen LogP contribution in [0.1, 0.15) is 350 Å². The molecule has 0 aliphatic carbocycles. The molecular formula is C83H116O. The Kier molecular flexibility index (Phi) is 38.1. The minimum atomic E-state index is -0.127. The van der Waals surface area contributed by atoms with Gasteiger partial charge in [0.15, 0.2) is 0 Å². The van der Waals surface area contributed by atoms with Crippen molar-refractivity contribution in [2.45, 2.75) is 312 Å². The fraction of sp³-hybridized carbons (Fsp3) is 0.590. The van der Waals surface area contributed by atoms with Crippen LogP contribution in [0.2, 0.25) is 0 Å². The molecule has 0 unspecified atom stereocenters. The van der Waals surface area contributed by atoms with E-state index in [1.54, 1.807) is 0 Å². The Bertz CT molecular complexity index is 2810. The van der Waals surface area contributed by atoms with Gasteiger partial charge in [-0.05, 0) is 196 Å². The molecule has 4 aromatic rings. The van der Waals surface area contributed by atoms with Crippen LogP contribution in [0.4, 0.5) is 0 Å². The molecule has 1 nitrogen and oxygen atoms in total. The van der Waals surface area contributed by atoms with Crippen molar-refractivity contribution in [2.24, 2.45) is 0 Å². The monoisotopic (exact) mass is 1130 g/mol. The Morgan fingerprint density at radius 1 is 0.238 bits per heavy atom. The molecule has 1 N–H and O–H groups in total. The minimum absolute atomic E-state index is 0.127. The molecule has 1 heteroatoms. The lowest BCUT2D eigenvalue weighted by Crippen LogP contribution is -2.01.